The standard InChI is InChI=1S/C13H15N3O2/c1-9-4-5-10(2)11(6-9)13(3,12(17)18)16-8-14-7-15-16/h4-8H,1-3H3,(H,17,18). The van der Waals surface area contributed by atoms with E-state index in [1.54, 1.807) is 6.92 Å². The molecule has 0 amide bonds. The van der Waals surface area contributed by atoms with Crippen LogP contribution < -0.4 is 0 Å². The highest BCUT2D eigenvalue weighted by molar-refractivity contribution is 5.81. The predicted octanol–water partition coefficient (Wildman–Crippen LogP) is 1.74. The van der Waals surface area contributed by atoms with Gasteiger partial charge in [-0.15, -0.1) is 0 Å². The molecule has 0 fully saturated rings. The number of hydrogen-bond acceptors (Lipinski definition) is 3. The van der Waals surface area contributed by atoms with Crippen molar-refractivity contribution in [1.29, 1.82) is 0 Å². The summed E-state index contributed by atoms with van der Waals surface area (Å²) in [4.78, 5) is 15.5. The Hall–Kier alpha value is -2.17. The lowest BCUT2D eigenvalue weighted by atomic mass is 9.87. The molecule has 5 nitrogen and oxygen atoms in total. The van der Waals surface area contributed by atoms with Gasteiger partial charge in [0.1, 0.15) is 12.7 Å². The lowest BCUT2D eigenvalue weighted by Gasteiger charge is -2.27. The minimum absolute atomic E-state index is 0.723. The van der Waals surface area contributed by atoms with Crippen molar-refractivity contribution in [3.8, 4) is 0 Å². The number of nitrogens with zero attached hydrogens (tertiary/aromatic N) is 3. The minimum Gasteiger partial charge on any atom is -0.479 e. The molecule has 1 atom stereocenters. The average molecular weight is 245 g/mol. The van der Waals surface area contributed by atoms with Gasteiger partial charge in [-0.3, -0.25) is 0 Å². The Kier molecular flexibility index (Phi) is 2.90. The first-order valence-corrected chi connectivity index (χ1v) is 5.62. The Morgan fingerprint density at radius 1 is 1.39 bits per heavy atom. The Labute approximate surface area is 105 Å². The summed E-state index contributed by atoms with van der Waals surface area (Å²) < 4.78 is 1.37. The molecule has 1 N–H and O–H groups in total. The van der Waals surface area contributed by atoms with E-state index in [1.165, 1.54) is 17.3 Å². The van der Waals surface area contributed by atoms with Crippen LogP contribution in [-0.2, 0) is 10.3 Å². The molecule has 0 saturated carbocycles. The van der Waals surface area contributed by atoms with Gasteiger partial charge in [0.2, 0.25) is 0 Å². The van der Waals surface area contributed by atoms with E-state index in [2.05, 4.69) is 10.1 Å². The van der Waals surface area contributed by atoms with E-state index in [4.69, 9.17) is 0 Å². The fraction of sp³-hybridized carbons (Fsp3) is 0.308. The van der Waals surface area contributed by atoms with Gasteiger partial charge in [0.15, 0.2) is 5.54 Å². The number of aromatic nitrogens is 3. The third kappa shape index (κ3) is 1.77. The molecule has 1 unspecified atom stereocenters. The van der Waals surface area contributed by atoms with Crippen molar-refractivity contribution in [2.75, 3.05) is 0 Å². The number of carboxylic acids is 1. The molecule has 0 aliphatic rings. The lowest BCUT2D eigenvalue weighted by Crippen LogP contribution is -2.41. The Balaban J connectivity index is 2.69. The molecule has 1 aromatic heterocycles. The SMILES string of the molecule is Cc1ccc(C)c(C(C)(C(=O)O)n2cncn2)c1. The van der Waals surface area contributed by atoms with Crippen LogP contribution in [0.4, 0.5) is 0 Å². The topological polar surface area (TPSA) is 68.0 Å². The maximum Gasteiger partial charge on any atom is 0.336 e. The molecule has 5 heteroatoms. The third-order valence-electron chi connectivity index (χ3n) is 3.21. The van der Waals surface area contributed by atoms with Crippen molar-refractivity contribution >= 4 is 5.97 Å². The highest BCUT2D eigenvalue weighted by atomic mass is 16.4. The van der Waals surface area contributed by atoms with E-state index in [1.807, 2.05) is 32.0 Å². The van der Waals surface area contributed by atoms with E-state index in [9.17, 15) is 9.90 Å². The van der Waals surface area contributed by atoms with Gasteiger partial charge < -0.3 is 5.11 Å². The van der Waals surface area contributed by atoms with E-state index in [0.717, 1.165) is 16.7 Å². The molecule has 0 saturated heterocycles. The first-order chi connectivity index (χ1) is 8.46. The van der Waals surface area contributed by atoms with Crippen LogP contribution in [0.25, 0.3) is 0 Å². The van der Waals surface area contributed by atoms with Crippen molar-refractivity contribution in [1.82, 2.24) is 14.8 Å². The lowest BCUT2D eigenvalue weighted by molar-refractivity contribution is -0.144. The molecule has 18 heavy (non-hydrogen) atoms. The van der Waals surface area contributed by atoms with Crippen LogP contribution in [0.1, 0.15) is 23.6 Å². The monoisotopic (exact) mass is 245 g/mol. The zero-order valence-electron chi connectivity index (χ0n) is 10.6. The van der Waals surface area contributed by atoms with Crippen LogP contribution in [0.2, 0.25) is 0 Å². The van der Waals surface area contributed by atoms with Gasteiger partial charge in [-0.1, -0.05) is 23.8 Å². The summed E-state index contributed by atoms with van der Waals surface area (Å²) in [7, 11) is 0. The van der Waals surface area contributed by atoms with Crippen LogP contribution in [-0.4, -0.2) is 25.8 Å². The fourth-order valence-electron chi connectivity index (χ4n) is 2.04. The summed E-state index contributed by atoms with van der Waals surface area (Å²) in [5, 5.41) is 13.6. The Bertz CT molecular complexity index is 578. The smallest absolute Gasteiger partial charge is 0.336 e. The Morgan fingerprint density at radius 3 is 2.67 bits per heavy atom. The maximum atomic E-state index is 11.7. The maximum absolute atomic E-state index is 11.7. The zero-order chi connectivity index (χ0) is 13.3. The second-order valence-corrected chi connectivity index (χ2v) is 4.54. The number of carbonyl (C=O) groups is 1. The summed E-state index contributed by atoms with van der Waals surface area (Å²) in [5.74, 6) is -0.957. The molecule has 1 heterocycles. The largest absolute Gasteiger partial charge is 0.479 e. The van der Waals surface area contributed by atoms with Gasteiger partial charge >= 0.3 is 5.97 Å². The number of hydrogen-bond donors (Lipinski definition) is 1. The van der Waals surface area contributed by atoms with Gasteiger partial charge in [0, 0.05) is 0 Å². The Morgan fingerprint density at radius 2 is 2.11 bits per heavy atom. The minimum atomic E-state index is -1.24. The van der Waals surface area contributed by atoms with Crippen molar-refractivity contribution in [2.45, 2.75) is 26.3 Å². The number of aliphatic carboxylic acids is 1. The van der Waals surface area contributed by atoms with E-state index in [0.29, 0.717) is 0 Å². The second-order valence-electron chi connectivity index (χ2n) is 4.54. The van der Waals surface area contributed by atoms with Crippen molar-refractivity contribution in [3.05, 3.63) is 47.5 Å². The molecule has 2 aromatic rings. The molecule has 2 rings (SSSR count). The molecule has 0 radical (unpaired) electrons. The first-order valence-electron chi connectivity index (χ1n) is 5.62. The second kappa shape index (κ2) is 4.25. The van der Waals surface area contributed by atoms with Crippen LogP contribution in [0.3, 0.4) is 0 Å². The summed E-state index contributed by atoms with van der Waals surface area (Å²) in [6, 6.07) is 5.76. The molecule has 1 aromatic carbocycles. The summed E-state index contributed by atoms with van der Waals surface area (Å²) in [5.41, 5.74) is 1.41. The summed E-state index contributed by atoms with van der Waals surface area (Å²) >= 11 is 0. The van der Waals surface area contributed by atoms with Gasteiger partial charge in [0.25, 0.3) is 0 Å². The van der Waals surface area contributed by atoms with Crippen LogP contribution in [0.15, 0.2) is 30.9 Å². The number of rotatable bonds is 3. The van der Waals surface area contributed by atoms with Gasteiger partial charge in [-0.2, -0.15) is 5.10 Å². The fourth-order valence-corrected chi connectivity index (χ4v) is 2.04. The van der Waals surface area contributed by atoms with E-state index >= 15 is 0 Å². The normalized spacial score (nSPS) is 14.2. The quantitative estimate of drug-likeness (QED) is 0.894. The van der Waals surface area contributed by atoms with E-state index < -0.39 is 11.5 Å². The van der Waals surface area contributed by atoms with Crippen molar-refractivity contribution in [2.24, 2.45) is 0 Å². The van der Waals surface area contributed by atoms with Crippen LogP contribution in [0.5, 0.6) is 0 Å². The molecule has 0 aliphatic heterocycles. The number of aryl methyl sites for hydroxylation is 2. The molecule has 0 aliphatic carbocycles. The average Bonchev–Trinajstić information content (AvgIpc) is 2.85. The van der Waals surface area contributed by atoms with E-state index in [-0.39, 0.29) is 0 Å². The molecule has 0 spiro atoms. The first kappa shape index (κ1) is 12.3. The molecular weight excluding hydrogens is 230 g/mol. The predicted molar refractivity (Wildman–Crippen MR) is 66.3 cm³/mol. The summed E-state index contributed by atoms with van der Waals surface area (Å²) in [6.45, 7) is 5.46. The van der Waals surface area contributed by atoms with Crippen LogP contribution in [0, 0.1) is 13.8 Å². The molecule has 94 valence electrons. The summed E-state index contributed by atoms with van der Waals surface area (Å²) in [6.07, 6.45) is 2.77. The highest BCUT2D eigenvalue weighted by Gasteiger charge is 2.39. The third-order valence-corrected chi connectivity index (χ3v) is 3.21. The molecule has 0 bridgehead atoms. The zero-order valence-corrected chi connectivity index (χ0v) is 10.6. The molecular formula is C13H15N3O2. The number of benzene rings is 1. The highest BCUT2D eigenvalue weighted by Crippen LogP contribution is 2.29. The number of carboxylic acid groups (broad SMARTS) is 1. The van der Waals surface area contributed by atoms with Crippen molar-refractivity contribution in [3.63, 3.8) is 0 Å². The van der Waals surface area contributed by atoms with Gasteiger partial charge in [-0.25, -0.2) is 14.5 Å². The van der Waals surface area contributed by atoms with Crippen molar-refractivity contribution < 1.29 is 9.90 Å². The van der Waals surface area contributed by atoms with Crippen LogP contribution >= 0.6 is 0 Å². The van der Waals surface area contributed by atoms with Gasteiger partial charge in [0.05, 0.1) is 0 Å². The van der Waals surface area contributed by atoms with Gasteiger partial charge in [-0.05, 0) is 31.9 Å².